The molecule has 1 rings (SSSR count). The van der Waals surface area contributed by atoms with Crippen molar-refractivity contribution in [3.8, 4) is 0 Å². The first-order chi connectivity index (χ1) is 3.79. The second kappa shape index (κ2) is 2.62. The van der Waals surface area contributed by atoms with E-state index in [1.807, 2.05) is 6.92 Å². The molecule has 44 valence electrons. The fourth-order valence-corrected chi connectivity index (χ4v) is 0.993. The van der Waals surface area contributed by atoms with Gasteiger partial charge in [-0.3, -0.25) is 4.99 Å². The summed E-state index contributed by atoms with van der Waals surface area (Å²) in [7, 11) is 0. The van der Waals surface area contributed by atoms with Gasteiger partial charge in [-0.2, -0.15) is 0 Å². The van der Waals surface area contributed by atoms with Crippen LogP contribution in [-0.4, -0.2) is 16.2 Å². The Morgan fingerprint density at radius 2 is 2.62 bits per heavy atom. The molecule has 0 amide bonds. The second-order valence-electron chi connectivity index (χ2n) is 1.86. The zero-order valence-corrected chi connectivity index (χ0v) is 6.92. The zero-order valence-electron chi connectivity index (χ0n) is 4.76. The van der Waals surface area contributed by atoms with Gasteiger partial charge in [0.15, 0.2) is 0 Å². The highest BCUT2D eigenvalue weighted by atomic mass is 127. The lowest BCUT2D eigenvalue weighted by Gasteiger charge is -2.04. The van der Waals surface area contributed by atoms with Crippen LogP contribution in [0.5, 0.6) is 0 Å². The molecule has 0 N–H and O–H groups in total. The third kappa shape index (κ3) is 1.58. The van der Waals surface area contributed by atoms with Gasteiger partial charge in [0.2, 0.25) is 0 Å². The van der Waals surface area contributed by atoms with Crippen molar-refractivity contribution in [1.29, 1.82) is 0 Å². The average Bonchev–Trinajstić information content (AvgIpc) is 1.77. The summed E-state index contributed by atoms with van der Waals surface area (Å²) in [4.78, 5) is 4.23. The van der Waals surface area contributed by atoms with Crippen LogP contribution in [0.1, 0.15) is 6.92 Å². The van der Waals surface area contributed by atoms with Crippen molar-refractivity contribution in [2.75, 3.05) is 6.54 Å². The maximum absolute atomic E-state index is 4.23. The number of hydrogen-bond donors (Lipinski definition) is 0. The number of nitrogens with zero attached hydrogens (tertiary/aromatic N) is 1. The molecule has 0 bridgehead atoms. The third-order valence-corrected chi connectivity index (χ3v) is 1.87. The number of alkyl halides is 1. The van der Waals surface area contributed by atoms with Crippen molar-refractivity contribution in [3.63, 3.8) is 0 Å². The first kappa shape index (κ1) is 6.26. The highest BCUT2D eigenvalue weighted by molar-refractivity contribution is 14.1. The van der Waals surface area contributed by atoms with E-state index in [4.69, 9.17) is 0 Å². The van der Waals surface area contributed by atoms with E-state index in [1.54, 1.807) is 0 Å². The molecule has 0 fully saturated rings. The van der Waals surface area contributed by atoms with Crippen LogP contribution >= 0.6 is 22.6 Å². The minimum absolute atomic E-state index is 0.622. The highest BCUT2D eigenvalue weighted by Crippen LogP contribution is 2.06. The fourth-order valence-electron chi connectivity index (χ4n) is 0.588. The number of hydrogen-bond acceptors (Lipinski definition) is 1. The first-order valence-corrected chi connectivity index (χ1v) is 3.87. The van der Waals surface area contributed by atoms with Crippen LogP contribution in [0.15, 0.2) is 17.1 Å². The largest absolute Gasteiger partial charge is 0.289 e. The Labute approximate surface area is 63.0 Å². The van der Waals surface area contributed by atoms with Crippen LogP contribution in [0.3, 0.4) is 0 Å². The zero-order chi connectivity index (χ0) is 5.98. The smallest absolute Gasteiger partial charge is 0.0545 e. The molecule has 0 saturated heterocycles. The molecule has 1 nitrogen and oxygen atoms in total. The van der Waals surface area contributed by atoms with E-state index in [0.29, 0.717) is 3.92 Å². The molecule has 2 heteroatoms. The number of aliphatic imine (C=N–C) groups is 1. The van der Waals surface area contributed by atoms with Gasteiger partial charge in [-0.15, -0.1) is 0 Å². The van der Waals surface area contributed by atoms with Crippen molar-refractivity contribution >= 4 is 28.3 Å². The molecular formula is C6H8IN. The highest BCUT2D eigenvalue weighted by Gasteiger charge is 2.00. The van der Waals surface area contributed by atoms with Crippen molar-refractivity contribution in [1.82, 2.24) is 0 Å². The molecule has 0 aromatic heterocycles. The molecule has 0 spiro atoms. The Bertz CT molecular complexity index is 137. The molecule has 0 radical (unpaired) electrons. The van der Waals surface area contributed by atoms with Gasteiger partial charge in [0.25, 0.3) is 0 Å². The average molecular weight is 221 g/mol. The summed E-state index contributed by atoms with van der Waals surface area (Å²) in [5.74, 6) is 0. The van der Waals surface area contributed by atoms with E-state index in [0.717, 1.165) is 12.3 Å². The molecule has 0 saturated carbocycles. The van der Waals surface area contributed by atoms with Gasteiger partial charge < -0.3 is 0 Å². The SMILES string of the molecule is CC1=NC[C@@H](I)C=C1. The van der Waals surface area contributed by atoms with Crippen molar-refractivity contribution in [3.05, 3.63) is 12.2 Å². The van der Waals surface area contributed by atoms with E-state index in [2.05, 4.69) is 39.7 Å². The third-order valence-electron chi connectivity index (χ3n) is 1.06. The topological polar surface area (TPSA) is 12.4 Å². The van der Waals surface area contributed by atoms with Gasteiger partial charge in [-0.1, -0.05) is 28.7 Å². The van der Waals surface area contributed by atoms with Gasteiger partial charge >= 0.3 is 0 Å². The summed E-state index contributed by atoms with van der Waals surface area (Å²) in [5.41, 5.74) is 1.15. The fraction of sp³-hybridized carbons (Fsp3) is 0.500. The van der Waals surface area contributed by atoms with Crippen LogP contribution in [-0.2, 0) is 0 Å². The Balaban J connectivity index is 2.58. The van der Waals surface area contributed by atoms with Crippen molar-refractivity contribution in [2.24, 2.45) is 4.99 Å². The van der Waals surface area contributed by atoms with Gasteiger partial charge in [0.1, 0.15) is 0 Å². The molecular weight excluding hydrogens is 213 g/mol. The van der Waals surface area contributed by atoms with Gasteiger partial charge in [0.05, 0.1) is 6.54 Å². The van der Waals surface area contributed by atoms with E-state index in [-0.39, 0.29) is 0 Å². The minimum atomic E-state index is 0.622. The van der Waals surface area contributed by atoms with E-state index in [1.165, 1.54) is 0 Å². The summed E-state index contributed by atoms with van der Waals surface area (Å²) in [6, 6.07) is 0. The quantitative estimate of drug-likeness (QED) is 0.437. The molecule has 1 aliphatic heterocycles. The molecule has 0 aliphatic carbocycles. The van der Waals surface area contributed by atoms with Crippen LogP contribution in [0, 0.1) is 0 Å². The maximum Gasteiger partial charge on any atom is 0.0545 e. The molecule has 1 aliphatic rings. The van der Waals surface area contributed by atoms with E-state index in [9.17, 15) is 0 Å². The van der Waals surface area contributed by atoms with Crippen molar-refractivity contribution < 1.29 is 0 Å². The Kier molecular flexibility index (Phi) is 2.05. The predicted octanol–water partition coefficient (Wildman–Crippen LogP) is 1.82. The molecule has 1 heterocycles. The number of allylic oxidation sites excluding steroid dienone is 1. The lowest BCUT2D eigenvalue weighted by atomic mass is 10.2. The molecule has 0 unspecified atom stereocenters. The number of dihydropyridines is 1. The molecule has 0 aromatic carbocycles. The summed E-state index contributed by atoms with van der Waals surface area (Å²) < 4.78 is 0.622. The van der Waals surface area contributed by atoms with Crippen LogP contribution in [0.25, 0.3) is 0 Å². The summed E-state index contributed by atoms with van der Waals surface area (Å²) in [5, 5.41) is 0. The second-order valence-corrected chi connectivity index (χ2v) is 3.46. The van der Waals surface area contributed by atoms with Gasteiger partial charge in [0, 0.05) is 9.64 Å². The van der Waals surface area contributed by atoms with Gasteiger partial charge in [-0.25, -0.2) is 0 Å². The monoisotopic (exact) mass is 221 g/mol. The lowest BCUT2D eigenvalue weighted by Crippen LogP contribution is -2.05. The van der Waals surface area contributed by atoms with Crippen LogP contribution < -0.4 is 0 Å². The predicted molar refractivity (Wildman–Crippen MR) is 44.9 cm³/mol. The number of halogens is 1. The van der Waals surface area contributed by atoms with Gasteiger partial charge in [-0.05, 0) is 13.0 Å². The molecule has 1 atom stereocenters. The van der Waals surface area contributed by atoms with Crippen LogP contribution in [0.2, 0.25) is 0 Å². The molecule has 8 heavy (non-hydrogen) atoms. The normalized spacial score (nSPS) is 27.8. The van der Waals surface area contributed by atoms with Crippen LogP contribution in [0.4, 0.5) is 0 Å². The molecule has 0 aromatic rings. The summed E-state index contributed by atoms with van der Waals surface area (Å²) in [6.07, 6.45) is 4.25. The number of rotatable bonds is 0. The maximum atomic E-state index is 4.23. The minimum Gasteiger partial charge on any atom is -0.289 e. The Hall–Kier alpha value is 0.140. The Morgan fingerprint density at radius 1 is 1.88 bits per heavy atom. The van der Waals surface area contributed by atoms with E-state index >= 15 is 0 Å². The Morgan fingerprint density at radius 3 is 3.00 bits per heavy atom. The first-order valence-electron chi connectivity index (χ1n) is 2.62. The summed E-state index contributed by atoms with van der Waals surface area (Å²) in [6.45, 7) is 2.99. The summed E-state index contributed by atoms with van der Waals surface area (Å²) >= 11 is 2.37. The standard InChI is InChI=1S/C6H8IN/c1-5-2-3-6(7)4-8-5/h2-3,6H,4H2,1H3/t6-/m0/s1. The lowest BCUT2D eigenvalue weighted by molar-refractivity contribution is 1.04. The van der Waals surface area contributed by atoms with E-state index < -0.39 is 0 Å². The van der Waals surface area contributed by atoms with Crippen molar-refractivity contribution in [2.45, 2.75) is 10.8 Å².